The number of nitrogens with two attached hydrogens (primary N) is 1. The molecule has 0 unspecified atom stereocenters. The molecule has 0 saturated heterocycles. The molecule has 1 aromatic carbocycles. The van der Waals surface area contributed by atoms with E-state index in [1.54, 1.807) is 0 Å². The molecular weight excluding hydrogens is 254 g/mol. The van der Waals surface area contributed by atoms with Crippen LogP contribution >= 0.6 is 0 Å². The molecule has 20 heavy (non-hydrogen) atoms. The third kappa shape index (κ3) is 3.63. The predicted molar refractivity (Wildman–Crippen MR) is 80.0 cm³/mol. The molecular formula is C15H23N3O2. The van der Waals surface area contributed by atoms with E-state index >= 15 is 0 Å². The largest absolute Gasteiger partial charge is 0.490 e. The van der Waals surface area contributed by atoms with Gasteiger partial charge in [0, 0.05) is 13.1 Å². The number of anilines is 1. The van der Waals surface area contributed by atoms with E-state index < -0.39 is 0 Å². The van der Waals surface area contributed by atoms with Crippen LogP contribution in [0.4, 0.5) is 5.69 Å². The molecule has 0 fully saturated rings. The second-order valence-electron chi connectivity index (χ2n) is 4.98. The number of rotatable bonds is 6. The van der Waals surface area contributed by atoms with Crippen molar-refractivity contribution in [1.82, 2.24) is 5.32 Å². The van der Waals surface area contributed by atoms with E-state index in [-0.39, 0.29) is 5.91 Å². The summed E-state index contributed by atoms with van der Waals surface area (Å²) in [5.74, 6) is 0.884. The second-order valence-corrected chi connectivity index (χ2v) is 4.98. The van der Waals surface area contributed by atoms with Crippen molar-refractivity contribution in [2.45, 2.75) is 26.3 Å². The Morgan fingerprint density at radius 3 is 3.10 bits per heavy atom. The predicted octanol–water partition coefficient (Wildman–Crippen LogP) is 1.26. The minimum atomic E-state index is 0.0641. The van der Waals surface area contributed by atoms with Crippen molar-refractivity contribution in [3.8, 4) is 5.75 Å². The molecule has 0 atom stereocenters. The number of fused-ring (bicyclic) bond motifs is 1. The van der Waals surface area contributed by atoms with Gasteiger partial charge in [-0.3, -0.25) is 4.79 Å². The topological polar surface area (TPSA) is 67.6 Å². The molecule has 110 valence electrons. The number of benzene rings is 1. The van der Waals surface area contributed by atoms with Gasteiger partial charge in [0.25, 0.3) is 0 Å². The number of hydrogen-bond donors (Lipinski definition) is 2. The van der Waals surface area contributed by atoms with Crippen LogP contribution in [0.25, 0.3) is 0 Å². The van der Waals surface area contributed by atoms with Crippen molar-refractivity contribution in [2.75, 3.05) is 31.1 Å². The summed E-state index contributed by atoms with van der Waals surface area (Å²) < 4.78 is 5.65. The number of nitrogens with one attached hydrogen (secondary N) is 1. The maximum atomic E-state index is 11.9. The molecule has 0 aliphatic carbocycles. The van der Waals surface area contributed by atoms with Crippen molar-refractivity contribution in [1.29, 1.82) is 0 Å². The summed E-state index contributed by atoms with van der Waals surface area (Å²) in [5, 5.41) is 2.94. The quantitative estimate of drug-likeness (QED) is 0.768. The lowest BCUT2D eigenvalue weighted by Crippen LogP contribution is -2.41. The first-order chi connectivity index (χ1) is 9.74. The highest BCUT2D eigenvalue weighted by Crippen LogP contribution is 2.32. The Morgan fingerprint density at radius 2 is 2.35 bits per heavy atom. The molecule has 0 bridgehead atoms. The van der Waals surface area contributed by atoms with Gasteiger partial charge < -0.3 is 20.7 Å². The zero-order chi connectivity index (χ0) is 14.4. The first-order valence-corrected chi connectivity index (χ1v) is 7.22. The number of amides is 1. The van der Waals surface area contributed by atoms with E-state index in [0.29, 0.717) is 19.7 Å². The minimum absolute atomic E-state index is 0.0641. The van der Waals surface area contributed by atoms with Crippen molar-refractivity contribution >= 4 is 11.6 Å². The van der Waals surface area contributed by atoms with E-state index in [2.05, 4.69) is 17.1 Å². The number of ether oxygens (including phenoxy) is 1. The van der Waals surface area contributed by atoms with Crippen LogP contribution in [0, 0.1) is 0 Å². The Labute approximate surface area is 120 Å². The molecule has 0 aromatic heterocycles. The third-order valence-corrected chi connectivity index (χ3v) is 3.41. The molecule has 0 spiro atoms. The van der Waals surface area contributed by atoms with Gasteiger partial charge in [-0.1, -0.05) is 19.4 Å². The first-order valence-electron chi connectivity index (χ1n) is 7.22. The van der Waals surface area contributed by atoms with Crippen molar-refractivity contribution in [3.05, 3.63) is 23.8 Å². The number of nitrogens with zero attached hydrogens (tertiary/aromatic N) is 1. The fourth-order valence-corrected chi connectivity index (χ4v) is 2.25. The molecule has 1 aliphatic heterocycles. The molecule has 1 aliphatic rings. The van der Waals surface area contributed by atoms with Crippen LogP contribution in [-0.4, -0.2) is 32.1 Å². The Hall–Kier alpha value is -1.75. The van der Waals surface area contributed by atoms with Gasteiger partial charge in [-0.15, -0.1) is 0 Å². The summed E-state index contributed by atoms with van der Waals surface area (Å²) in [7, 11) is 0. The number of unbranched alkanes of at least 4 members (excludes halogenated alkanes) is 1. The molecule has 1 aromatic rings. The van der Waals surface area contributed by atoms with Gasteiger partial charge >= 0.3 is 0 Å². The molecule has 5 nitrogen and oxygen atoms in total. The molecule has 0 saturated carbocycles. The Kier molecular flexibility index (Phi) is 5.24. The summed E-state index contributed by atoms with van der Waals surface area (Å²) in [6.07, 6.45) is 2.10. The Balaban J connectivity index is 1.99. The molecule has 1 amide bonds. The zero-order valence-electron chi connectivity index (χ0n) is 12.0. The molecule has 2 rings (SSSR count). The van der Waals surface area contributed by atoms with Crippen molar-refractivity contribution in [2.24, 2.45) is 5.73 Å². The third-order valence-electron chi connectivity index (χ3n) is 3.41. The average molecular weight is 277 g/mol. The average Bonchev–Trinajstić information content (AvgIpc) is 2.47. The molecule has 0 radical (unpaired) electrons. The summed E-state index contributed by atoms with van der Waals surface area (Å²) in [6, 6.07) is 5.92. The number of carbonyl (C=O) groups is 1. The fraction of sp³-hybridized carbons (Fsp3) is 0.533. The van der Waals surface area contributed by atoms with Gasteiger partial charge in [0.15, 0.2) is 0 Å². The van der Waals surface area contributed by atoms with E-state index in [9.17, 15) is 4.79 Å². The lowest BCUT2D eigenvalue weighted by Gasteiger charge is -2.31. The molecule has 5 heteroatoms. The second kappa shape index (κ2) is 7.14. The SMILES string of the molecule is CCCCNC(=O)CN1CCOc2cc(CN)ccc21. The highest BCUT2D eigenvalue weighted by molar-refractivity contribution is 5.82. The van der Waals surface area contributed by atoms with E-state index in [0.717, 1.165) is 42.9 Å². The van der Waals surface area contributed by atoms with E-state index in [1.165, 1.54) is 0 Å². The van der Waals surface area contributed by atoms with Crippen LogP contribution in [0.1, 0.15) is 25.3 Å². The maximum Gasteiger partial charge on any atom is 0.239 e. The van der Waals surface area contributed by atoms with E-state index in [1.807, 2.05) is 18.2 Å². The van der Waals surface area contributed by atoms with Gasteiger partial charge in [0.05, 0.1) is 18.8 Å². The lowest BCUT2D eigenvalue weighted by molar-refractivity contribution is -0.119. The van der Waals surface area contributed by atoms with Crippen LogP contribution in [0.15, 0.2) is 18.2 Å². The number of hydrogen-bond acceptors (Lipinski definition) is 4. The van der Waals surface area contributed by atoms with Crippen molar-refractivity contribution in [3.63, 3.8) is 0 Å². The Bertz CT molecular complexity index is 462. The summed E-state index contributed by atoms with van der Waals surface area (Å²) in [6.45, 7) is 5.06. The fourth-order valence-electron chi connectivity index (χ4n) is 2.25. The normalized spacial score (nSPS) is 13.6. The highest BCUT2D eigenvalue weighted by Gasteiger charge is 2.20. The van der Waals surface area contributed by atoms with Gasteiger partial charge in [-0.2, -0.15) is 0 Å². The van der Waals surface area contributed by atoms with Gasteiger partial charge in [-0.05, 0) is 24.1 Å². The maximum absolute atomic E-state index is 11.9. The van der Waals surface area contributed by atoms with E-state index in [4.69, 9.17) is 10.5 Å². The van der Waals surface area contributed by atoms with Gasteiger partial charge in [-0.25, -0.2) is 0 Å². The van der Waals surface area contributed by atoms with Crippen LogP contribution in [0.5, 0.6) is 5.75 Å². The van der Waals surface area contributed by atoms with Gasteiger partial charge in [0.2, 0.25) is 5.91 Å². The Morgan fingerprint density at radius 1 is 1.50 bits per heavy atom. The standard InChI is InChI=1S/C15H23N3O2/c1-2-3-6-17-15(19)11-18-7-8-20-14-9-12(10-16)4-5-13(14)18/h4-5,9H,2-3,6-8,10-11,16H2,1H3,(H,17,19). The molecule has 1 heterocycles. The van der Waals surface area contributed by atoms with Gasteiger partial charge in [0.1, 0.15) is 12.4 Å². The van der Waals surface area contributed by atoms with Crippen LogP contribution in [0.3, 0.4) is 0 Å². The van der Waals surface area contributed by atoms with Crippen molar-refractivity contribution < 1.29 is 9.53 Å². The lowest BCUT2D eigenvalue weighted by atomic mass is 10.1. The van der Waals surface area contributed by atoms with Crippen LogP contribution in [0.2, 0.25) is 0 Å². The summed E-state index contributed by atoms with van der Waals surface area (Å²) >= 11 is 0. The smallest absolute Gasteiger partial charge is 0.239 e. The first kappa shape index (κ1) is 14.7. The zero-order valence-corrected chi connectivity index (χ0v) is 12.0. The summed E-state index contributed by atoms with van der Waals surface area (Å²) in [4.78, 5) is 14.0. The monoisotopic (exact) mass is 277 g/mol. The minimum Gasteiger partial charge on any atom is -0.490 e. The van der Waals surface area contributed by atoms with Crippen LogP contribution in [-0.2, 0) is 11.3 Å². The summed E-state index contributed by atoms with van der Waals surface area (Å²) in [5.41, 5.74) is 7.64. The van der Waals surface area contributed by atoms with Crippen LogP contribution < -0.4 is 20.7 Å². The molecule has 3 N–H and O–H groups in total. The number of carbonyl (C=O) groups excluding carboxylic acids is 1. The highest BCUT2D eigenvalue weighted by atomic mass is 16.5.